The summed E-state index contributed by atoms with van der Waals surface area (Å²) in [4.78, 5) is -0.167. The van der Waals surface area contributed by atoms with Gasteiger partial charge in [-0.3, -0.25) is 0 Å². The Hall–Kier alpha value is -3.58. The molecule has 1 atom stereocenters. The zero-order chi connectivity index (χ0) is 25.3. The highest BCUT2D eigenvalue weighted by molar-refractivity contribution is 7.87. The van der Waals surface area contributed by atoms with E-state index >= 15 is 0 Å². The molecule has 8 nitrogen and oxygen atoms in total. The van der Waals surface area contributed by atoms with Crippen LogP contribution in [-0.4, -0.2) is 22.6 Å². The molecular formula is C24H18Cl2N2O6S. The number of ether oxygens (including phenoxy) is 3. The molecule has 0 amide bonds. The SMILES string of the molecule is COc1ccc(C2C(C#N)=C(N)Oc3cc(OS(=O)(=O)c4ccc(Cl)c(Cl)c4)ccc32)cc1OC. The van der Waals surface area contributed by atoms with Crippen LogP contribution in [0.5, 0.6) is 23.0 Å². The Morgan fingerprint density at radius 3 is 2.37 bits per heavy atom. The second-order valence-corrected chi connectivity index (χ2v) is 9.71. The van der Waals surface area contributed by atoms with Crippen LogP contribution in [0.2, 0.25) is 10.0 Å². The molecule has 180 valence electrons. The van der Waals surface area contributed by atoms with Gasteiger partial charge in [-0.1, -0.05) is 35.3 Å². The fourth-order valence-electron chi connectivity index (χ4n) is 3.67. The first-order chi connectivity index (χ1) is 16.7. The van der Waals surface area contributed by atoms with Gasteiger partial charge in [-0.2, -0.15) is 13.7 Å². The highest BCUT2D eigenvalue weighted by Crippen LogP contribution is 2.45. The number of benzene rings is 3. The molecule has 11 heteroatoms. The molecule has 0 radical (unpaired) electrons. The standard InChI is InChI=1S/C24H18Cl2N2O6S/c1-31-20-8-3-13(9-22(20)32-2)23-16-6-4-14(10-21(16)33-24(28)17(23)12-27)34-35(29,30)15-5-7-18(25)19(26)11-15/h3-11,23H,28H2,1-2H3. The largest absolute Gasteiger partial charge is 0.493 e. The highest BCUT2D eigenvalue weighted by atomic mass is 35.5. The van der Waals surface area contributed by atoms with Gasteiger partial charge in [0.05, 0.1) is 30.2 Å². The number of rotatable bonds is 6. The van der Waals surface area contributed by atoms with Crippen LogP contribution in [0.1, 0.15) is 17.0 Å². The van der Waals surface area contributed by atoms with E-state index in [2.05, 4.69) is 6.07 Å². The monoisotopic (exact) mass is 532 g/mol. The van der Waals surface area contributed by atoms with Crippen molar-refractivity contribution in [2.75, 3.05) is 14.2 Å². The summed E-state index contributed by atoms with van der Waals surface area (Å²) in [5, 5.41) is 10.1. The molecule has 3 aromatic carbocycles. The van der Waals surface area contributed by atoms with Gasteiger partial charge in [-0.05, 0) is 42.0 Å². The van der Waals surface area contributed by atoms with Crippen molar-refractivity contribution < 1.29 is 26.8 Å². The fourth-order valence-corrected chi connectivity index (χ4v) is 4.98. The zero-order valence-corrected chi connectivity index (χ0v) is 20.7. The first-order valence-electron chi connectivity index (χ1n) is 10.0. The van der Waals surface area contributed by atoms with E-state index in [0.717, 1.165) is 0 Å². The Balaban J connectivity index is 1.74. The van der Waals surface area contributed by atoms with E-state index in [4.69, 9.17) is 47.3 Å². The summed E-state index contributed by atoms with van der Waals surface area (Å²) in [6.07, 6.45) is 0. The lowest BCUT2D eigenvalue weighted by molar-refractivity contribution is 0.354. The summed E-state index contributed by atoms with van der Waals surface area (Å²) >= 11 is 11.8. The van der Waals surface area contributed by atoms with Crippen LogP contribution in [0.15, 0.2) is 70.9 Å². The van der Waals surface area contributed by atoms with Crippen molar-refractivity contribution in [3.8, 4) is 29.1 Å². The number of hydrogen-bond acceptors (Lipinski definition) is 8. The molecule has 4 rings (SSSR count). The summed E-state index contributed by atoms with van der Waals surface area (Å²) in [6, 6.07) is 15.6. The number of methoxy groups -OCH3 is 2. The number of nitrogens with zero attached hydrogens (tertiary/aromatic N) is 1. The van der Waals surface area contributed by atoms with Crippen molar-refractivity contribution in [1.29, 1.82) is 5.26 Å². The van der Waals surface area contributed by atoms with Crippen molar-refractivity contribution in [3.63, 3.8) is 0 Å². The van der Waals surface area contributed by atoms with Crippen LogP contribution in [0.4, 0.5) is 0 Å². The van der Waals surface area contributed by atoms with Crippen molar-refractivity contribution in [2.45, 2.75) is 10.8 Å². The number of nitrogens with two attached hydrogens (primary N) is 1. The maximum Gasteiger partial charge on any atom is 0.339 e. The third-order valence-corrected chi connectivity index (χ3v) is 7.30. The third kappa shape index (κ3) is 4.68. The summed E-state index contributed by atoms with van der Waals surface area (Å²) in [7, 11) is -1.19. The van der Waals surface area contributed by atoms with Crippen molar-refractivity contribution in [1.82, 2.24) is 0 Å². The van der Waals surface area contributed by atoms with Crippen molar-refractivity contribution in [2.24, 2.45) is 5.73 Å². The van der Waals surface area contributed by atoms with Crippen molar-refractivity contribution in [3.05, 3.63) is 87.2 Å². The quantitative estimate of drug-likeness (QED) is 0.440. The van der Waals surface area contributed by atoms with Gasteiger partial charge < -0.3 is 24.1 Å². The molecule has 35 heavy (non-hydrogen) atoms. The van der Waals surface area contributed by atoms with Crippen LogP contribution in [0.25, 0.3) is 0 Å². The number of hydrogen-bond donors (Lipinski definition) is 1. The van der Waals surface area contributed by atoms with E-state index < -0.39 is 16.0 Å². The van der Waals surface area contributed by atoms with Gasteiger partial charge >= 0.3 is 10.1 Å². The van der Waals surface area contributed by atoms with Crippen LogP contribution in [0, 0.1) is 11.3 Å². The minimum Gasteiger partial charge on any atom is -0.493 e. The number of fused-ring (bicyclic) bond motifs is 1. The summed E-state index contributed by atoms with van der Waals surface area (Å²) in [5.41, 5.74) is 7.53. The van der Waals surface area contributed by atoms with Gasteiger partial charge in [0.2, 0.25) is 5.88 Å². The topological polar surface area (TPSA) is 121 Å². The Morgan fingerprint density at radius 2 is 1.71 bits per heavy atom. The van der Waals surface area contributed by atoms with Gasteiger partial charge in [-0.25, -0.2) is 0 Å². The molecule has 1 unspecified atom stereocenters. The average Bonchev–Trinajstić information content (AvgIpc) is 2.84. The molecule has 0 fully saturated rings. The summed E-state index contributed by atoms with van der Waals surface area (Å²) < 4.78 is 47.1. The van der Waals surface area contributed by atoms with Gasteiger partial charge in [0.25, 0.3) is 0 Å². The molecular weight excluding hydrogens is 515 g/mol. The fraction of sp³-hybridized carbons (Fsp3) is 0.125. The molecule has 2 N–H and O–H groups in total. The first kappa shape index (κ1) is 24.5. The predicted molar refractivity (Wildman–Crippen MR) is 130 cm³/mol. The Bertz CT molecular complexity index is 1500. The van der Waals surface area contributed by atoms with Crippen LogP contribution in [-0.2, 0) is 10.1 Å². The second-order valence-electron chi connectivity index (χ2n) is 7.35. The lowest BCUT2D eigenvalue weighted by atomic mass is 9.83. The van der Waals surface area contributed by atoms with E-state index in [-0.39, 0.29) is 37.9 Å². The lowest BCUT2D eigenvalue weighted by Gasteiger charge is -2.27. The smallest absolute Gasteiger partial charge is 0.339 e. The molecule has 1 aliphatic rings. The van der Waals surface area contributed by atoms with E-state index in [0.29, 0.717) is 22.6 Å². The highest BCUT2D eigenvalue weighted by Gasteiger charge is 2.32. The number of allylic oxidation sites excluding steroid dienone is 1. The van der Waals surface area contributed by atoms with Gasteiger partial charge in [-0.15, -0.1) is 0 Å². The molecule has 1 heterocycles. The van der Waals surface area contributed by atoms with Gasteiger partial charge in [0.1, 0.15) is 28.0 Å². The van der Waals surface area contributed by atoms with E-state index in [1.165, 1.54) is 44.6 Å². The molecule has 0 aromatic heterocycles. The van der Waals surface area contributed by atoms with Crippen LogP contribution < -0.4 is 24.1 Å². The van der Waals surface area contributed by atoms with E-state index in [1.807, 2.05) is 0 Å². The summed E-state index contributed by atoms with van der Waals surface area (Å²) in [6.45, 7) is 0. The Kier molecular flexibility index (Phi) is 6.72. The molecule has 0 saturated heterocycles. The number of nitriles is 1. The predicted octanol–water partition coefficient (Wildman–Crippen LogP) is 5.00. The normalized spacial score (nSPS) is 15.0. The van der Waals surface area contributed by atoms with Gasteiger partial charge in [0, 0.05) is 11.6 Å². The van der Waals surface area contributed by atoms with Crippen LogP contribution >= 0.6 is 23.2 Å². The maximum absolute atomic E-state index is 12.7. The molecule has 1 aliphatic heterocycles. The zero-order valence-electron chi connectivity index (χ0n) is 18.4. The molecule has 0 spiro atoms. The Labute approximate surface area is 212 Å². The molecule has 0 saturated carbocycles. The minimum atomic E-state index is -4.22. The maximum atomic E-state index is 12.7. The molecule has 0 aliphatic carbocycles. The lowest BCUT2D eigenvalue weighted by Crippen LogP contribution is -2.21. The first-order valence-corrected chi connectivity index (χ1v) is 12.2. The third-order valence-electron chi connectivity index (χ3n) is 5.32. The van der Waals surface area contributed by atoms with Crippen molar-refractivity contribution >= 4 is 33.3 Å². The van der Waals surface area contributed by atoms with Crippen LogP contribution in [0.3, 0.4) is 0 Å². The van der Waals surface area contributed by atoms with E-state index in [1.54, 1.807) is 24.3 Å². The Morgan fingerprint density at radius 1 is 0.971 bits per heavy atom. The van der Waals surface area contributed by atoms with E-state index in [9.17, 15) is 13.7 Å². The van der Waals surface area contributed by atoms with Gasteiger partial charge in [0.15, 0.2) is 11.5 Å². The second kappa shape index (κ2) is 9.58. The number of halogens is 2. The molecule has 0 bridgehead atoms. The summed E-state index contributed by atoms with van der Waals surface area (Å²) in [5.74, 6) is 0.516. The molecule has 3 aromatic rings. The minimum absolute atomic E-state index is 0.0194. The average molecular weight is 533 g/mol.